The summed E-state index contributed by atoms with van der Waals surface area (Å²) >= 11 is 0. The van der Waals surface area contributed by atoms with E-state index in [1.54, 1.807) is 0 Å². The molecule has 3 aromatic carbocycles. The summed E-state index contributed by atoms with van der Waals surface area (Å²) in [5, 5.41) is 2.15. The zero-order valence-corrected chi connectivity index (χ0v) is 18.8. The third-order valence-electron chi connectivity index (χ3n) is 6.23. The van der Waals surface area contributed by atoms with Gasteiger partial charge in [-0.15, -0.1) is 0 Å². The van der Waals surface area contributed by atoms with E-state index in [-0.39, 0.29) is 5.78 Å². The first kappa shape index (κ1) is 21.0. The van der Waals surface area contributed by atoms with Gasteiger partial charge in [-0.2, -0.15) is 0 Å². The van der Waals surface area contributed by atoms with Gasteiger partial charge >= 0.3 is 0 Å². The Balaban J connectivity index is 1.55. The Kier molecular flexibility index (Phi) is 5.95. The van der Waals surface area contributed by atoms with Crippen LogP contribution >= 0.6 is 0 Å². The summed E-state index contributed by atoms with van der Waals surface area (Å²) in [6.07, 6.45) is 7.50. The van der Waals surface area contributed by atoms with Crippen LogP contribution in [-0.4, -0.2) is 15.8 Å². The Morgan fingerprint density at radius 2 is 1.24 bits per heavy atom. The first-order valence-corrected chi connectivity index (χ1v) is 11.6. The number of benzene rings is 3. The number of unbranched alkanes of at least 4 members (excludes halogenated alkanes) is 2. The highest BCUT2D eigenvalue weighted by Gasteiger charge is 2.12. The van der Waals surface area contributed by atoms with Gasteiger partial charge in [0, 0.05) is 35.2 Å². The lowest BCUT2D eigenvalue weighted by Crippen LogP contribution is -1.98. The van der Waals surface area contributed by atoms with Crippen molar-refractivity contribution in [3.05, 3.63) is 96.8 Å². The molecule has 2 aromatic heterocycles. The van der Waals surface area contributed by atoms with Gasteiger partial charge in [0.2, 0.25) is 0 Å². The van der Waals surface area contributed by atoms with E-state index in [1.807, 2.05) is 48.8 Å². The number of hydrogen-bond acceptors (Lipinski definition) is 3. The number of carbonyl (C=O) groups excluding carboxylic acids is 1. The Morgan fingerprint density at radius 3 is 1.82 bits per heavy atom. The Morgan fingerprint density at radius 1 is 0.667 bits per heavy atom. The van der Waals surface area contributed by atoms with Crippen molar-refractivity contribution < 1.29 is 4.79 Å². The number of Topliss-reactive ketones (excluding diaryl/α,β-unsaturated/α-hetero) is 1. The fraction of sp³-hybridized carbons (Fsp3) is 0.167. The molecule has 0 unspecified atom stereocenters. The van der Waals surface area contributed by atoms with Crippen LogP contribution in [0.2, 0.25) is 0 Å². The van der Waals surface area contributed by atoms with Crippen LogP contribution in [0, 0.1) is 0 Å². The molecule has 0 amide bonds. The maximum absolute atomic E-state index is 12.5. The minimum Gasteiger partial charge on any atom is -0.294 e. The fourth-order valence-corrected chi connectivity index (χ4v) is 4.46. The number of ketones is 1. The molecular formula is C30H26N2O. The molecule has 162 valence electrons. The molecule has 0 aliphatic rings. The zero-order chi connectivity index (χ0) is 22.6. The maximum Gasteiger partial charge on any atom is 0.162 e. The van der Waals surface area contributed by atoms with E-state index in [4.69, 9.17) is 9.97 Å². The van der Waals surface area contributed by atoms with Gasteiger partial charge in [0.25, 0.3) is 0 Å². The highest BCUT2D eigenvalue weighted by molar-refractivity contribution is 6.11. The smallest absolute Gasteiger partial charge is 0.162 e. The molecule has 5 aromatic rings. The van der Waals surface area contributed by atoms with Gasteiger partial charge in [-0.25, -0.2) is 0 Å². The van der Waals surface area contributed by atoms with Crippen molar-refractivity contribution in [2.24, 2.45) is 0 Å². The maximum atomic E-state index is 12.5. The first-order chi connectivity index (χ1) is 16.3. The van der Waals surface area contributed by atoms with Crippen molar-refractivity contribution in [3.8, 4) is 22.3 Å². The molecular weight excluding hydrogens is 404 g/mol. The number of nitrogens with zero attached hydrogens (tertiary/aromatic N) is 2. The molecule has 3 nitrogen and oxygen atoms in total. The van der Waals surface area contributed by atoms with Crippen LogP contribution in [0.4, 0.5) is 0 Å². The van der Waals surface area contributed by atoms with Crippen molar-refractivity contribution in [2.45, 2.75) is 32.6 Å². The second-order valence-electron chi connectivity index (χ2n) is 8.40. The number of carbonyl (C=O) groups is 1. The number of pyridine rings is 2. The van der Waals surface area contributed by atoms with E-state index in [0.717, 1.165) is 63.3 Å². The average Bonchev–Trinajstić information content (AvgIpc) is 2.88. The SMILES string of the molecule is CCCCCC(=O)c1ccc(-c2ccnc3c2ccc2c(-c4ccccc4)ccnc23)cc1. The predicted molar refractivity (Wildman–Crippen MR) is 136 cm³/mol. The van der Waals surface area contributed by atoms with Gasteiger partial charge in [-0.1, -0.05) is 86.5 Å². The monoisotopic (exact) mass is 430 g/mol. The molecule has 3 heteroatoms. The molecule has 0 saturated heterocycles. The number of aromatic nitrogens is 2. The average molecular weight is 431 g/mol. The van der Waals surface area contributed by atoms with Crippen molar-refractivity contribution in [1.29, 1.82) is 0 Å². The summed E-state index contributed by atoms with van der Waals surface area (Å²) in [6.45, 7) is 2.15. The molecule has 5 rings (SSSR count). The van der Waals surface area contributed by atoms with Crippen molar-refractivity contribution >= 4 is 27.6 Å². The van der Waals surface area contributed by atoms with E-state index < -0.39 is 0 Å². The highest BCUT2D eigenvalue weighted by Crippen LogP contribution is 2.35. The summed E-state index contributed by atoms with van der Waals surface area (Å²) in [5.74, 6) is 0.221. The highest BCUT2D eigenvalue weighted by atomic mass is 16.1. The molecule has 33 heavy (non-hydrogen) atoms. The second-order valence-corrected chi connectivity index (χ2v) is 8.40. The van der Waals surface area contributed by atoms with E-state index >= 15 is 0 Å². The Labute approximate surface area is 194 Å². The number of hydrogen-bond donors (Lipinski definition) is 0. The largest absolute Gasteiger partial charge is 0.294 e. The van der Waals surface area contributed by atoms with Gasteiger partial charge in [0.1, 0.15) is 0 Å². The lowest BCUT2D eigenvalue weighted by Gasteiger charge is -2.11. The van der Waals surface area contributed by atoms with E-state index in [2.05, 4.69) is 49.4 Å². The van der Waals surface area contributed by atoms with Crippen LogP contribution in [0.15, 0.2) is 91.3 Å². The molecule has 0 saturated carbocycles. The lowest BCUT2D eigenvalue weighted by molar-refractivity contribution is 0.0979. The molecule has 0 aliphatic heterocycles. The Hall–Kier alpha value is -3.85. The summed E-state index contributed by atoms with van der Waals surface area (Å²) in [7, 11) is 0. The number of rotatable bonds is 7. The molecule has 0 fully saturated rings. The van der Waals surface area contributed by atoms with Crippen LogP contribution in [0.5, 0.6) is 0 Å². The van der Waals surface area contributed by atoms with Gasteiger partial charge in [0.05, 0.1) is 11.0 Å². The van der Waals surface area contributed by atoms with Gasteiger partial charge < -0.3 is 0 Å². The van der Waals surface area contributed by atoms with Gasteiger partial charge in [-0.3, -0.25) is 14.8 Å². The molecule has 0 atom stereocenters. The van der Waals surface area contributed by atoms with Gasteiger partial charge in [0.15, 0.2) is 5.78 Å². The van der Waals surface area contributed by atoms with Crippen LogP contribution in [0.1, 0.15) is 43.0 Å². The van der Waals surface area contributed by atoms with Crippen LogP contribution in [0.25, 0.3) is 44.1 Å². The van der Waals surface area contributed by atoms with E-state index in [9.17, 15) is 4.79 Å². The Bertz CT molecular complexity index is 1420. The fourth-order valence-electron chi connectivity index (χ4n) is 4.46. The minimum atomic E-state index is 0.221. The van der Waals surface area contributed by atoms with E-state index in [1.165, 1.54) is 5.56 Å². The molecule has 0 N–H and O–H groups in total. The molecule has 0 aliphatic carbocycles. The second kappa shape index (κ2) is 9.33. The first-order valence-electron chi connectivity index (χ1n) is 11.6. The summed E-state index contributed by atoms with van der Waals surface area (Å²) in [6, 6.07) is 26.7. The molecule has 0 bridgehead atoms. The van der Waals surface area contributed by atoms with Crippen molar-refractivity contribution in [2.75, 3.05) is 0 Å². The zero-order valence-electron chi connectivity index (χ0n) is 18.8. The predicted octanol–water partition coefficient (Wildman–Crippen LogP) is 7.88. The van der Waals surface area contributed by atoms with Crippen LogP contribution < -0.4 is 0 Å². The summed E-state index contributed by atoms with van der Waals surface area (Å²) in [5.41, 5.74) is 7.07. The minimum absolute atomic E-state index is 0.221. The van der Waals surface area contributed by atoms with Crippen LogP contribution in [0.3, 0.4) is 0 Å². The van der Waals surface area contributed by atoms with Crippen molar-refractivity contribution in [3.63, 3.8) is 0 Å². The number of fused-ring (bicyclic) bond motifs is 3. The molecule has 0 radical (unpaired) electrons. The van der Waals surface area contributed by atoms with Crippen molar-refractivity contribution in [1.82, 2.24) is 9.97 Å². The quantitative estimate of drug-likeness (QED) is 0.150. The summed E-state index contributed by atoms with van der Waals surface area (Å²) in [4.78, 5) is 21.9. The summed E-state index contributed by atoms with van der Waals surface area (Å²) < 4.78 is 0. The lowest BCUT2D eigenvalue weighted by atomic mass is 9.95. The third-order valence-corrected chi connectivity index (χ3v) is 6.23. The van der Waals surface area contributed by atoms with Crippen LogP contribution in [-0.2, 0) is 0 Å². The molecule has 2 heterocycles. The molecule has 0 spiro atoms. The van der Waals surface area contributed by atoms with E-state index in [0.29, 0.717) is 6.42 Å². The third kappa shape index (κ3) is 4.14. The topological polar surface area (TPSA) is 42.9 Å². The normalized spacial score (nSPS) is 11.2. The van der Waals surface area contributed by atoms with Gasteiger partial charge in [-0.05, 0) is 40.8 Å². The standard InChI is InChI=1S/C30H26N2O/c1-2-3-5-10-28(33)23-13-11-22(12-14-23)25-18-20-32-30-27(25)16-15-26-24(17-19-31-29(26)30)21-8-6-4-7-9-21/h4,6-9,11-20H,2-3,5,10H2,1H3.